The Kier molecular flexibility index (Phi) is 3.54. The van der Waals surface area contributed by atoms with Gasteiger partial charge in [-0.3, -0.25) is 0 Å². The number of allylic oxidation sites excluding steroid dienone is 4. The average molecular weight is 166 g/mol. The minimum Gasteiger partial charge on any atom is -0.400 e. The number of fused-ring (bicyclic) bond motifs is 1. The fraction of sp³-hybridized carbons (Fsp3) is 0.636. The summed E-state index contributed by atoms with van der Waals surface area (Å²) in [6.07, 6.45) is 10.1. The predicted molar refractivity (Wildman–Crippen MR) is 51.9 cm³/mol. The van der Waals surface area contributed by atoms with E-state index in [1.54, 1.807) is 11.1 Å². The first kappa shape index (κ1) is 9.53. The first-order valence-corrected chi connectivity index (χ1v) is 4.69. The van der Waals surface area contributed by atoms with Crippen LogP contribution in [0.25, 0.3) is 0 Å². The zero-order valence-corrected chi connectivity index (χ0v) is 8.01. The summed E-state index contributed by atoms with van der Waals surface area (Å²) in [5.74, 6) is 0.913. The summed E-state index contributed by atoms with van der Waals surface area (Å²) in [7, 11) is 1.00. The first-order chi connectivity index (χ1) is 5.86. The van der Waals surface area contributed by atoms with Crippen molar-refractivity contribution in [3.8, 4) is 0 Å². The predicted octanol–water partition coefficient (Wildman–Crippen LogP) is 2.67. The molecule has 0 aliphatic heterocycles. The summed E-state index contributed by atoms with van der Waals surface area (Å²) in [5.41, 5.74) is 3.30. The van der Waals surface area contributed by atoms with E-state index >= 15 is 0 Å². The maximum atomic E-state index is 7.00. The molecule has 0 aromatic carbocycles. The average Bonchev–Trinajstić information content (AvgIpc) is 2.48. The Morgan fingerprint density at radius 3 is 1.92 bits per heavy atom. The van der Waals surface area contributed by atoms with Crippen LogP contribution in [0.2, 0.25) is 0 Å². The normalized spacial score (nSPS) is 21.9. The summed E-state index contributed by atoms with van der Waals surface area (Å²) < 4.78 is 0. The lowest BCUT2D eigenvalue weighted by Crippen LogP contribution is -1.85. The molecule has 2 aliphatic rings. The Hall–Kier alpha value is -0.560. The molecule has 0 atom stereocenters. The van der Waals surface area contributed by atoms with Crippen molar-refractivity contribution in [1.82, 2.24) is 0 Å². The van der Waals surface area contributed by atoms with Gasteiger partial charge in [-0.15, -0.1) is 0 Å². The molecule has 1 fully saturated rings. The van der Waals surface area contributed by atoms with Gasteiger partial charge in [0.05, 0.1) is 0 Å². The van der Waals surface area contributed by atoms with Crippen molar-refractivity contribution in [1.29, 1.82) is 0 Å². The molecule has 0 spiro atoms. The van der Waals surface area contributed by atoms with E-state index in [-0.39, 0.29) is 0 Å². The summed E-state index contributed by atoms with van der Waals surface area (Å²) in [6, 6.07) is 0. The van der Waals surface area contributed by atoms with Gasteiger partial charge in [-0.05, 0) is 42.7 Å². The van der Waals surface area contributed by atoms with Crippen LogP contribution in [0, 0.1) is 5.92 Å². The van der Waals surface area contributed by atoms with Crippen molar-refractivity contribution in [3.63, 3.8) is 0 Å². The third-order valence-electron chi connectivity index (χ3n) is 2.50. The van der Waals surface area contributed by atoms with Crippen LogP contribution in [0.3, 0.4) is 0 Å². The second kappa shape index (κ2) is 4.46. The van der Waals surface area contributed by atoms with Crippen LogP contribution in [0.5, 0.6) is 0 Å². The maximum absolute atomic E-state index is 7.00. The van der Waals surface area contributed by atoms with Crippen LogP contribution in [0.1, 0.15) is 32.6 Å². The number of hydrogen-bond acceptors (Lipinski definition) is 1. The van der Waals surface area contributed by atoms with Gasteiger partial charge in [0.1, 0.15) is 0 Å². The molecule has 1 nitrogen and oxygen atoms in total. The highest BCUT2D eigenvalue weighted by molar-refractivity contribution is 5.37. The highest BCUT2D eigenvalue weighted by Gasteiger charge is 2.20. The van der Waals surface area contributed by atoms with Gasteiger partial charge in [0.2, 0.25) is 0 Å². The molecule has 12 heavy (non-hydrogen) atoms. The van der Waals surface area contributed by atoms with Crippen molar-refractivity contribution in [2.45, 2.75) is 32.6 Å². The summed E-state index contributed by atoms with van der Waals surface area (Å²) in [5, 5.41) is 7.00. The Morgan fingerprint density at radius 1 is 1.08 bits per heavy atom. The molecule has 0 radical (unpaired) electrons. The highest BCUT2D eigenvalue weighted by Crippen LogP contribution is 2.37. The molecule has 2 rings (SSSR count). The topological polar surface area (TPSA) is 20.2 Å². The Morgan fingerprint density at radius 2 is 1.50 bits per heavy atom. The Bertz CT molecular complexity index is 179. The lowest BCUT2D eigenvalue weighted by Gasteiger charge is -2.05. The summed E-state index contributed by atoms with van der Waals surface area (Å²) in [4.78, 5) is 0. The van der Waals surface area contributed by atoms with E-state index in [1.165, 1.54) is 25.7 Å². The second-order valence-corrected chi connectivity index (χ2v) is 3.55. The van der Waals surface area contributed by atoms with Crippen LogP contribution in [-0.2, 0) is 0 Å². The number of aliphatic hydroxyl groups excluding tert-OH is 1. The molecule has 68 valence electrons. The van der Waals surface area contributed by atoms with E-state index in [2.05, 4.69) is 19.1 Å². The molecular weight excluding hydrogens is 148 g/mol. The molecule has 0 heterocycles. The smallest absolute Gasteiger partial charge is 0.0319 e. The van der Waals surface area contributed by atoms with Gasteiger partial charge in [-0.1, -0.05) is 19.1 Å². The second-order valence-electron chi connectivity index (χ2n) is 3.55. The molecule has 0 aromatic heterocycles. The van der Waals surface area contributed by atoms with Gasteiger partial charge in [-0.2, -0.15) is 0 Å². The Balaban J connectivity index is 0.000000336. The van der Waals surface area contributed by atoms with Gasteiger partial charge >= 0.3 is 0 Å². The van der Waals surface area contributed by atoms with Gasteiger partial charge < -0.3 is 5.11 Å². The zero-order valence-electron chi connectivity index (χ0n) is 8.01. The lowest BCUT2D eigenvalue weighted by atomic mass is 10.0. The number of rotatable bonds is 0. The third kappa shape index (κ3) is 1.98. The number of hydrogen-bond donors (Lipinski definition) is 1. The molecule has 1 N–H and O–H groups in total. The van der Waals surface area contributed by atoms with Gasteiger partial charge in [0.15, 0.2) is 0 Å². The monoisotopic (exact) mass is 166 g/mol. The summed E-state index contributed by atoms with van der Waals surface area (Å²) >= 11 is 0. The van der Waals surface area contributed by atoms with Crippen LogP contribution in [0.4, 0.5) is 0 Å². The molecular formula is C11H18O. The van der Waals surface area contributed by atoms with Crippen molar-refractivity contribution >= 4 is 0 Å². The van der Waals surface area contributed by atoms with Crippen molar-refractivity contribution in [3.05, 3.63) is 23.3 Å². The van der Waals surface area contributed by atoms with E-state index < -0.39 is 0 Å². The van der Waals surface area contributed by atoms with E-state index in [0.717, 1.165) is 13.0 Å². The molecule has 0 amide bonds. The fourth-order valence-corrected chi connectivity index (χ4v) is 2.03. The lowest BCUT2D eigenvalue weighted by molar-refractivity contribution is 0.399. The third-order valence-corrected chi connectivity index (χ3v) is 2.50. The van der Waals surface area contributed by atoms with E-state index in [9.17, 15) is 0 Å². The van der Waals surface area contributed by atoms with Gasteiger partial charge in [0, 0.05) is 7.11 Å². The van der Waals surface area contributed by atoms with Crippen molar-refractivity contribution in [2.75, 3.05) is 7.11 Å². The van der Waals surface area contributed by atoms with Crippen molar-refractivity contribution < 1.29 is 5.11 Å². The van der Waals surface area contributed by atoms with E-state index in [1.807, 2.05) is 0 Å². The minimum atomic E-state index is 0.913. The van der Waals surface area contributed by atoms with Crippen molar-refractivity contribution in [2.24, 2.45) is 5.92 Å². The van der Waals surface area contributed by atoms with E-state index in [4.69, 9.17) is 5.11 Å². The molecule has 0 aromatic rings. The standard InChI is InChI=1S/C10H14.CH4O/c1-8-6-9-4-2-3-5-10(9)7-8;1-2/h4-5,8H,2-3,6-7H2,1H3;2H,1H3. The SMILES string of the molecule is CC1CC2=CCCC=C2C1.CO. The maximum Gasteiger partial charge on any atom is 0.0319 e. The molecule has 0 unspecified atom stereocenters. The quantitative estimate of drug-likeness (QED) is 0.586. The molecule has 2 aliphatic carbocycles. The number of aliphatic hydroxyl groups is 1. The highest BCUT2D eigenvalue weighted by atomic mass is 16.2. The van der Waals surface area contributed by atoms with Crippen LogP contribution in [-0.4, -0.2) is 12.2 Å². The summed E-state index contributed by atoms with van der Waals surface area (Å²) in [6.45, 7) is 2.35. The minimum absolute atomic E-state index is 0.913. The fourth-order valence-electron chi connectivity index (χ4n) is 2.03. The Labute approximate surface area is 74.8 Å². The molecule has 1 saturated carbocycles. The largest absolute Gasteiger partial charge is 0.400 e. The van der Waals surface area contributed by atoms with Crippen LogP contribution in [0.15, 0.2) is 23.3 Å². The zero-order chi connectivity index (χ0) is 8.97. The molecule has 0 bridgehead atoms. The van der Waals surface area contributed by atoms with Gasteiger partial charge in [-0.25, -0.2) is 0 Å². The van der Waals surface area contributed by atoms with Crippen LogP contribution < -0.4 is 0 Å². The van der Waals surface area contributed by atoms with E-state index in [0.29, 0.717) is 0 Å². The van der Waals surface area contributed by atoms with Crippen LogP contribution >= 0.6 is 0 Å². The molecule has 1 heteroatoms. The van der Waals surface area contributed by atoms with Gasteiger partial charge in [0.25, 0.3) is 0 Å². The molecule has 0 saturated heterocycles. The first-order valence-electron chi connectivity index (χ1n) is 4.69.